The highest BCUT2D eigenvalue weighted by Gasteiger charge is 2.20. The number of hydrogen-bond acceptors (Lipinski definition) is 5. The van der Waals surface area contributed by atoms with Crippen molar-refractivity contribution in [3.05, 3.63) is 63.5 Å². The van der Waals surface area contributed by atoms with Crippen LogP contribution in [-0.2, 0) is 0 Å². The predicted molar refractivity (Wildman–Crippen MR) is 116 cm³/mol. The van der Waals surface area contributed by atoms with Gasteiger partial charge in [0, 0.05) is 16.5 Å². The molecule has 0 saturated heterocycles. The summed E-state index contributed by atoms with van der Waals surface area (Å²) in [5.74, 6) is 1.59. The highest BCUT2D eigenvalue weighted by atomic mass is 35.5. The molecule has 0 bridgehead atoms. The summed E-state index contributed by atoms with van der Waals surface area (Å²) in [6.07, 6.45) is 2.16. The molecule has 1 aliphatic heterocycles. The van der Waals surface area contributed by atoms with Crippen molar-refractivity contribution in [1.82, 2.24) is 14.9 Å². The molecule has 4 rings (SSSR count). The van der Waals surface area contributed by atoms with Crippen molar-refractivity contribution in [2.45, 2.75) is 24.9 Å². The van der Waals surface area contributed by atoms with Gasteiger partial charge in [-0.3, -0.25) is 5.43 Å². The van der Waals surface area contributed by atoms with Gasteiger partial charge in [0.1, 0.15) is 5.75 Å². The van der Waals surface area contributed by atoms with E-state index < -0.39 is 0 Å². The number of benzene rings is 2. The van der Waals surface area contributed by atoms with E-state index in [-0.39, 0.29) is 0 Å². The maximum Gasteiger partial charge on any atom is 0.214 e. The van der Waals surface area contributed by atoms with Gasteiger partial charge < -0.3 is 4.74 Å². The van der Waals surface area contributed by atoms with E-state index in [1.54, 1.807) is 6.07 Å². The van der Waals surface area contributed by atoms with Gasteiger partial charge in [-0.25, -0.2) is 4.68 Å². The summed E-state index contributed by atoms with van der Waals surface area (Å²) < 4.78 is 7.60. The minimum absolute atomic E-state index is 0.514. The fraction of sp³-hybridized carbons (Fsp3) is 0.200. The standard InChI is InChI=1S/C20H18Cl2N4OS/c1-2-3-10-27-15-7-4-13(5-8-15)19-23-24-20-26(19)25-18(12-28-20)14-6-9-16(21)17(22)11-14/h4-9,11-12,25H,2-3,10H2,1H3. The molecular formula is C20H18Cl2N4OS. The molecule has 5 nitrogen and oxygen atoms in total. The topological polar surface area (TPSA) is 52.0 Å². The Hall–Kier alpha value is -2.15. The van der Waals surface area contributed by atoms with E-state index in [0.717, 1.165) is 53.0 Å². The lowest BCUT2D eigenvalue weighted by molar-refractivity contribution is 0.309. The molecule has 0 spiro atoms. The molecule has 144 valence electrons. The molecule has 0 fully saturated rings. The molecule has 2 heterocycles. The Bertz CT molecular complexity index is 1020. The summed E-state index contributed by atoms with van der Waals surface area (Å²) in [5, 5.41) is 12.4. The van der Waals surface area contributed by atoms with Crippen LogP contribution in [-0.4, -0.2) is 21.5 Å². The van der Waals surface area contributed by atoms with E-state index in [1.165, 1.54) is 11.8 Å². The van der Waals surface area contributed by atoms with Crippen LogP contribution in [0.25, 0.3) is 17.1 Å². The number of fused-ring (bicyclic) bond motifs is 1. The first kappa shape index (κ1) is 19.2. The molecule has 0 radical (unpaired) electrons. The normalized spacial score (nSPS) is 12.9. The first-order valence-corrected chi connectivity index (χ1v) is 10.6. The second-order valence-electron chi connectivity index (χ2n) is 6.26. The largest absolute Gasteiger partial charge is 0.494 e. The number of aromatic nitrogens is 3. The van der Waals surface area contributed by atoms with Gasteiger partial charge in [0.05, 0.1) is 22.3 Å². The maximum absolute atomic E-state index is 6.16. The van der Waals surface area contributed by atoms with Gasteiger partial charge in [-0.1, -0.05) is 54.4 Å². The smallest absolute Gasteiger partial charge is 0.214 e. The van der Waals surface area contributed by atoms with Crippen LogP contribution in [0.4, 0.5) is 0 Å². The Kier molecular flexibility index (Phi) is 5.80. The molecule has 0 aliphatic carbocycles. The summed E-state index contributed by atoms with van der Waals surface area (Å²) in [7, 11) is 0. The van der Waals surface area contributed by atoms with E-state index in [0.29, 0.717) is 10.0 Å². The number of nitrogens with zero attached hydrogens (tertiary/aromatic N) is 3. The average molecular weight is 433 g/mol. The summed E-state index contributed by atoms with van der Waals surface area (Å²) in [6.45, 7) is 2.87. The van der Waals surface area contributed by atoms with Crippen LogP contribution < -0.4 is 10.2 Å². The molecule has 3 aromatic rings. The zero-order chi connectivity index (χ0) is 19.5. The van der Waals surface area contributed by atoms with Crippen molar-refractivity contribution in [2.75, 3.05) is 12.0 Å². The number of hydrogen-bond donors (Lipinski definition) is 1. The third kappa shape index (κ3) is 3.99. The van der Waals surface area contributed by atoms with Crippen molar-refractivity contribution in [1.29, 1.82) is 0 Å². The second-order valence-corrected chi connectivity index (χ2v) is 7.91. The van der Waals surface area contributed by atoms with Crippen molar-refractivity contribution in [2.24, 2.45) is 0 Å². The first-order valence-electron chi connectivity index (χ1n) is 8.93. The van der Waals surface area contributed by atoms with Crippen molar-refractivity contribution < 1.29 is 4.74 Å². The zero-order valence-electron chi connectivity index (χ0n) is 15.2. The summed E-state index contributed by atoms with van der Waals surface area (Å²) in [5.41, 5.74) is 6.15. The van der Waals surface area contributed by atoms with Gasteiger partial charge in [0.2, 0.25) is 5.16 Å². The van der Waals surface area contributed by atoms with E-state index in [4.69, 9.17) is 27.9 Å². The van der Waals surface area contributed by atoms with E-state index in [2.05, 4.69) is 22.5 Å². The van der Waals surface area contributed by atoms with Gasteiger partial charge in [-0.2, -0.15) is 0 Å². The lowest BCUT2D eigenvalue weighted by atomic mass is 10.2. The molecule has 1 aromatic heterocycles. The minimum Gasteiger partial charge on any atom is -0.494 e. The average Bonchev–Trinajstić information content (AvgIpc) is 3.14. The summed E-state index contributed by atoms with van der Waals surface area (Å²) >= 11 is 13.7. The van der Waals surface area contributed by atoms with Gasteiger partial charge in [-0.05, 0) is 42.8 Å². The van der Waals surface area contributed by atoms with Crippen LogP contribution in [0.2, 0.25) is 10.0 Å². The van der Waals surface area contributed by atoms with E-state index in [1.807, 2.05) is 46.5 Å². The molecule has 28 heavy (non-hydrogen) atoms. The van der Waals surface area contributed by atoms with E-state index >= 15 is 0 Å². The maximum atomic E-state index is 6.16. The molecule has 0 saturated carbocycles. The Morgan fingerprint density at radius 3 is 2.57 bits per heavy atom. The number of nitrogens with one attached hydrogen (secondary N) is 1. The molecule has 0 unspecified atom stereocenters. The highest BCUT2D eigenvalue weighted by Crippen LogP contribution is 2.33. The zero-order valence-corrected chi connectivity index (χ0v) is 17.5. The first-order chi connectivity index (χ1) is 13.7. The Balaban J connectivity index is 1.56. The third-order valence-corrected chi connectivity index (χ3v) is 5.83. The van der Waals surface area contributed by atoms with Crippen molar-refractivity contribution in [3.8, 4) is 17.1 Å². The number of rotatable bonds is 6. The fourth-order valence-electron chi connectivity index (χ4n) is 2.72. The van der Waals surface area contributed by atoms with Crippen LogP contribution in [0.3, 0.4) is 0 Å². The van der Waals surface area contributed by atoms with Crippen LogP contribution in [0.15, 0.2) is 53.0 Å². The molecule has 8 heteroatoms. The molecule has 1 N–H and O–H groups in total. The van der Waals surface area contributed by atoms with Crippen molar-refractivity contribution in [3.63, 3.8) is 0 Å². The lowest BCUT2D eigenvalue weighted by Crippen LogP contribution is -2.18. The summed E-state index contributed by atoms with van der Waals surface area (Å²) in [6, 6.07) is 13.4. The van der Waals surface area contributed by atoms with E-state index in [9.17, 15) is 0 Å². The molecule has 1 aliphatic rings. The Morgan fingerprint density at radius 2 is 1.82 bits per heavy atom. The van der Waals surface area contributed by atoms with Gasteiger partial charge in [0.25, 0.3) is 0 Å². The van der Waals surface area contributed by atoms with Gasteiger partial charge >= 0.3 is 0 Å². The van der Waals surface area contributed by atoms with Gasteiger partial charge in [0.15, 0.2) is 5.82 Å². The fourth-order valence-corrected chi connectivity index (χ4v) is 3.76. The Morgan fingerprint density at radius 1 is 1.04 bits per heavy atom. The highest BCUT2D eigenvalue weighted by molar-refractivity contribution is 8.02. The Labute approximate surface area is 177 Å². The number of halogens is 2. The summed E-state index contributed by atoms with van der Waals surface area (Å²) in [4.78, 5) is 0. The number of thioether (sulfide) groups is 1. The predicted octanol–water partition coefficient (Wildman–Crippen LogP) is 6.08. The number of ether oxygens (including phenoxy) is 1. The molecular weight excluding hydrogens is 415 g/mol. The monoisotopic (exact) mass is 432 g/mol. The van der Waals surface area contributed by atoms with Crippen LogP contribution in [0, 0.1) is 0 Å². The SMILES string of the molecule is CCCCOc1ccc(-c2nnc3n2NC(c2ccc(Cl)c(Cl)c2)=CS3)cc1. The third-order valence-electron chi connectivity index (χ3n) is 4.26. The van der Waals surface area contributed by atoms with Crippen LogP contribution >= 0.6 is 35.0 Å². The lowest BCUT2D eigenvalue weighted by Gasteiger charge is -2.19. The molecule has 0 atom stereocenters. The number of unbranched alkanes of at least 4 members (excludes halogenated alkanes) is 1. The minimum atomic E-state index is 0.514. The van der Waals surface area contributed by atoms with Crippen LogP contribution in [0.5, 0.6) is 5.75 Å². The molecule has 0 amide bonds. The quantitative estimate of drug-likeness (QED) is 0.478. The van der Waals surface area contributed by atoms with Crippen molar-refractivity contribution >= 4 is 40.7 Å². The second kappa shape index (κ2) is 8.47. The van der Waals surface area contributed by atoms with Crippen LogP contribution in [0.1, 0.15) is 25.3 Å². The molecule has 2 aromatic carbocycles. The van der Waals surface area contributed by atoms with Gasteiger partial charge in [-0.15, -0.1) is 10.2 Å².